The summed E-state index contributed by atoms with van der Waals surface area (Å²) in [5, 5.41) is 0. The number of halogens is 2. The highest BCUT2D eigenvalue weighted by Gasteiger charge is 2.50. The van der Waals surface area contributed by atoms with Gasteiger partial charge < -0.3 is 5.73 Å². The Morgan fingerprint density at radius 1 is 1.10 bits per heavy atom. The van der Waals surface area contributed by atoms with Gasteiger partial charge in [-0.3, -0.25) is 24.6 Å². The van der Waals surface area contributed by atoms with E-state index in [0.717, 1.165) is 0 Å². The predicted molar refractivity (Wildman–Crippen MR) is 102 cm³/mol. The Morgan fingerprint density at radius 3 is 2.55 bits per heavy atom. The third-order valence-electron chi connectivity index (χ3n) is 4.83. The standard InChI is InChI=1S/C20H16F2N6O/c1-28-18(29)20(27-19(28)23,13-4-5-25-14(8-13)10-21)12-2-3-16(22)15(9-12)17-11-24-6-7-26-17/h2-9,11H,10H2,1H3,(H2,23,27). The Labute approximate surface area is 165 Å². The Balaban J connectivity index is 1.98. The molecular formula is C20H16F2N6O. The summed E-state index contributed by atoms with van der Waals surface area (Å²) < 4.78 is 27.8. The number of hydrogen-bond acceptors (Lipinski definition) is 6. The minimum Gasteiger partial charge on any atom is -0.369 e. The number of carbonyl (C=O) groups excluding carboxylic acids is 1. The third-order valence-corrected chi connectivity index (χ3v) is 4.83. The van der Waals surface area contributed by atoms with Crippen LogP contribution in [0.25, 0.3) is 11.3 Å². The lowest BCUT2D eigenvalue weighted by atomic mass is 9.82. The number of benzene rings is 1. The molecule has 0 saturated carbocycles. The average Bonchev–Trinajstić information content (AvgIpc) is 2.99. The molecule has 4 rings (SSSR count). The van der Waals surface area contributed by atoms with Crippen molar-refractivity contribution in [3.63, 3.8) is 0 Å². The van der Waals surface area contributed by atoms with Gasteiger partial charge in [-0.15, -0.1) is 0 Å². The average molecular weight is 394 g/mol. The molecule has 1 unspecified atom stereocenters. The van der Waals surface area contributed by atoms with Crippen LogP contribution in [0.15, 0.2) is 60.1 Å². The Kier molecular flexibility index (Phi) is 4.50. The van der Waals surface area contributed by atoms with E-state index in [2.05, 4.69) is 19.9 Å². The van der Waals surface area contributed by atoms with Crippen LogP contribution in [-0.4, -0.2) is 38.8 Å². The zero-order valence-electron chi connectivity index (χ0n) is 15.4. The maximum absolute atomic E-state index is 14.6. The number of hydrogen-bond donors (Lipinski definition) is 1. The number of rotatable bonds is 4. The summed E-state index contributed by atoms with van der Waals surface area (Å²) in [5.41, 5.74) is 5.71. The molecular weight excluding hydrogens is 378 g/mol. The van der Waals surface area contributed by atoms with Crippen molar-refractivity contribution in [3.05, 3.63) is 77.8 Å². The van der Waals surface area contributed by atoms with Crippen LogP contribution in [0.3, 0.4) is 0 Å². The van der Waals surface area contributed by atoms with Crippen LogP contribution in [0.1, 0.15) is 16.8 Å². The molecule has 0 spiro atoms. The maximum Gasteiger partial charge on any atom is 0.266 e. The number of nitrogens with zero attached hydrogens (tertiary/aromatic N) is 5. The van der Waals surface area contributed by atoms with E-state index in [1.54, 1.807) is 6.07 Å². The van der Waals surface area contributed by atoms with Gasteiger partial charge >= 0.3 is 0 Å². The van der Waals surface area contributed by atoms with Crippen LogP contribution in [-0.2, 0) is 17.0 Å². The molecule has 29 heavy (non-hydrogen) atoms. The lowest BCUT2D eigenvalue weighted by Crippen LogP contribution is -2.41. The fraction of sp³-hybridized carbons (Fsp3) is 0.150. The minimum atomic E-state index is -1.59. The van der Waals surface area contributed by atoms with E-state index in [0.29, 0.717) is 16.8 Å². The summed E-state index contributed by atoms with van der Waals surface area (Å²) in [6.07, 6.45) is 5.74. The zero-order chi connectivity index (χ0) is 20.6. The molecule has 1 atom stereocenters. The molecule has 3 heterocycles. The first-order chi connectivity index (χ1) is 14.0. The lowest BCUT2D eigenvalue weighted by Gasteiger charge is -2.26. The molecule has 7 nitrogen and oxygen atoms in total. The number of carbonyl (C=O) groups is 1. The summed E-state index contributed by atoms with van der Waals surface area (Å²) in [6, 6.07) is 7.20. The second-order valence-electron chi connectivity index (χ2n) is 6.50. The molecule has 1 aromatic carbocycles. The first-order valence-corrected chi connectivity index (χ1v) is 8.68. The lowest BCUT2D eigenvalue weighted by molar-refractivity contribution is -0.129. The summed E-state index contributed by atoms with van der Waals surface area (Å²) >= 11 is 0. The smallest absolute Gasteiger partial charge is 0.266 e. The first-order valence-electron chi connectivity index (χ1n) is 8.68. The fourth-order valence-electron chi connectivity index (χ4n) is 3.35. The van der Waals surface area contributed by atoms with E-state index in [1.165, 1.54) is 61.0 Å². The van der Waals surface area contributed by atoms with E-state index < -0.39 is 23.9 Å². The Bertz CT molecular complexity index is 1120. The normalized spacial score (nSPS) is 18.8. The van der Waals surface area contributed by atoms with Gasteiger partial charge in [0.15, 0.2) is 11.5 Å². The van der Waals surface area contributed by atoms with E-state index >= 15 is 0 Å². The number of guanidine groups is 1. The SMILES string of the molecule is CN1C(=O)C(c2ccnc(CF)c2)(c2ccc(F)c(-c3cnccn3)c2)N=C1N. The number of aliphatic imine (C=N–C) groups is 1. The van der Waals surface area contributed by atoms with Gasteiger partial charge in [-0.2, -0.15) is 0 Å². The van der Waals surface area contributed by atoms with Gasteiger partial charge in [0.05, 0.1) is 17.6 Å². The van der Waals surface area contributed by atoms with Gasteiger partial charge in [0.1, 0.15) is 12.5 Å². The number of pyridine rings is 1. The summed E-state index contributed by atoms with van der Waals surface area (Å²) in [4.78, 5) is 30.9. The molecule has 1 amide bonds. The second-order valence-corrected chi connectivity index (χ2v) is 6.50. The van der Waals surface area contributed by atoms with Crippen LogP contribution >= 0.6 is 0 Å². The van der Waals surface area contributed by atoms with Gasteiger partial charge in [-0.05, 0) is 35.4 Å². The molecule has 2 N–H and O–H groups in total. The van der Waals surface area contributed by atoms with Crippen molar-refractivity contribution in [1.29, 1.82) is 0 Å². The molecule has 0 bridgehead atoms. The molecule has 0 saturated heterocycles. The van der Waals surface area contributed by atoms with E-state index in [4.69, 9.17) is 5.73 Å². The van der Waals surface area contributed by atoms with Crippen LogP contribution in [0.5, 0.6) is 0 Å². The third kappa shape index (κ3) is 2.91. The van der Waals surface area contributed by atoms with Crippen molar-refractivity contribution in [1.82, 2.24) is 19.9 Å². The van der Waals surface area contributed by atoms with Gasteiger partial charge in [-0.1, -0.05) is 6.07 Å². The highest BCUT2D eigenvalue weighted by molar-refractivity contribution is 6.09. The number of alkyl halides is 1. The minimum absolute atomic E-state index is 0.000937. The van der Waals surface area contributed by atoms with Crippen LogP contribution < -0.4 is 5.73 Å². The summed E-state index contributed by atoms with van der Waals surface area (Å²) in [6.45, 7) is -0.804. The summed E-state index contributed by atoms with van der Waals surface area (Å²) in [5.74, 6) is -0.971. The number of likely N-dealkylation sites (N-methyl/N-ethyl adjacent to an activating group) is 1. The van der Waals surface area contributed by atoms with Gasteiger partial charge in [0.25, 0.3) is 5.91 Å². The van der Waals surface area contributed by atoms with E-state index in [9.17, 15) is 13.6 Å². The van der Waals surface area contributed by atoms with Gasteiger partial charge in [0.2, 0.25) is 0 Å². The maximum atomic E-state index is 14.6. The van der Waals surface area contributed by atoms with Crippen molar-refractivity contribution >= 4 is 11.9 Å². The highest BCUT2D eigenvalue weighted by atomic mass is 19.1. The van der Waals surface area contributed by atoms with Crippen molar-refractivity contribution in [2.45, 2.75) is 12.2 Å². The van der Waals surface area contributed by atoms with Gasteiger partial charge in [-0.25, -0.2) is 13.8 Å². The molecule has 3 aromatic rings. The monoisotopic (exact) mass is 394 g/mol. The quantitative estimate of drug-likeness (QED) is 0.732. The molecule has 1 aliphatic heterocycles. The summed E-state index contributed by atoms with van der Waals surface area (Å²) in [7, 11) is 1.49. The van der Waals surface area contributed by atoms with Crippen LogP contribution in [0.2, 0.25) is 0 Å². The van der Waals surface area contributed by atoms with Crippen molar-refractivity contribution < 1.29 is 13.6 Å². The fourth-order valence-corrected chi connectivity index (χ4v) is 3.35. The molecule has 0 fully saturated rings. The van der Waals surface area contributed by atoms with Crippen LogP contribution in [0, 0.1) is 5.82 Å². The van der Waals surface area contributed by atoms with Crippen molar-refractivity contribution in [3.8, 4) is 11.3 Å². The molecule has 9 heteroatoms. The topological polar surface area (TPSA) is 97.4 Å². The molecule has 2 aromatic heterocycles. The van der Waals surface area contributed by atoms with E-state index in [1.807, 2.05) is 0 Å². The number of aromatic nitrogens is 3. The largest absolute Gasteiger partial charge is 0.369 e. The number of nitrogens with two attached hydrogens (primary N) is 1. The van der Waals surface area contributed by atoms with Crippen molar-refractivity contribution in [2.75, 3.05) is 7.05 Å². The van der Waals surface area contributed by atoms with Crippen LogP contribution in [0.4, 0.5) is 8.78 Å². The zero-order valence-corrected chi connectivity index (χ0v) is 15.4. The Hall–Kier alpha value is -3.75. The molecule has 0 aliphatic carbocycles. The molecule has 146 valence electrons. The number of amides is 1. The first kappa shape index (κ1) is 18.6. The molecule has 0 radical (unpaired) electrons. The van der Waals surface area contributed by atoms with Gasteiger partial charge in [0, 0.05) is 31.2 Å². The van der Waals surface area contributed by atoms with Crippen molar-refractivity contribution in [2.24, 2.45) is 10.7 Å². The second kappa shape index (κ2) is 7.01. The highest BCUT2D eigenvalue weighted by Crippen LogP contribution is 2.40. The Morgan fingerprint density at radius 2 is 1.90 bits per heavy atom. The predicted octanol–water partition coefficient (Wildman–Crippen LogP) is 2.18. The van der Waals surface area contributed by atoms with E-state index in [-0.39, 0.29) is 17.2 Å². The molecule has 1 aliphatic rings.